The number of anilines is 4. The van der Waals surface area contributed by atoms with Crippen molar-refractivity contribution >= 4 is 23.0 Å². The fourth-order valence-corrected chi connectivity index (χ4v) is 2.81. The van der Waals surface area contributed by atoms with E-state index in [1.165, 1.54) is 6.33 Å². The molecule has 0 amide bonds. The van der Waals surface area contributed by atoms with Gasteiger partial charge >= 0.3 is 0 Å². The molecule has 2 heterocycles. The Hall–Kier alpha value is -2.58. The third-order valence-corrected chi connectivity index (χ3v) is 4.26. The Kier molecular flexibility index (Phi) is 6.45. The Labute approximate surface area is 153 Å². The largest absolute Gasteiger partial charge is 0.497 e. The maximum atomic E-state index is 6.22. The summed E-state index contributed by atoms with van der Waals surface area (Å²) in [7, 11) is 1.64. The lowest BCUT2D eigenvalue weighted by atomic mass is 10.3. The molecule has 0 saturated carbocycles. The van der Waals surface area contributed by atoms with Gasteiger partial charge in [-0.25, -0.2) is 9.97 Å². The molecule has 0 unspecified atom stereocenters. The standard InChI is InChI=1S/C18H26N6O2/c1-25-15-5-2-4-14(12-15)23-18-16(19)17(21-13-22-18)20-6-3-7-24-8-10-26-11-9-24/h2,4-5,12-13H,3,6-11,19H2,1H3,(H2,20,21,22,23). The van der Waals surface area contributed by atoms with Gasteiger partial charge in [0.25, 0.3) is 0 Å². The third kappa shape index (κ3) is 4.96. The van der Waals surface area contributed by atoms with Crippen molar-refractivity contribution in [3.05, 3.63) is 30.6 Å². The minimum atomic E-state index is 0.502. The van der Waals surface area contributed by atoms with Gasteiger partial charge in [-0.1, -0.05) is 6.07 Å². The number of nitrogen functional groups attached to an aromatic ring is 1. The van der Waals surface area contributed by atoms with E-state index in [0.717, 1.165) is 57.3 Å². The monoisotopic (exact) mass is 358 g/mol. The van der Waals surface area contributed by atoms with E-state index in [1.54, 1.807) is 7.11 Å². The Bertz CT molecular complexity index is 706. The minimum absolute atomic E-state index is 0.502. The molecule has 3 rings (SSSR count). The summed E-state index contributed by atoms with van der Waals surface area (Å²) in [6.45, 7) is 5.50. The van der Waals surface area contributed by atoms with Gasteiger partial charge in [0.15, 0.2) is 11.6 Å². The van der Waals surface area contributed by atoms with Crippen LogP contribution >= 0.6 is 0 Å². The molecule has 0 bridgehead atoms. The number of methoxy groups -OCH3 is 1. The van der Waals surface area contributed by atoms with Gasteiger partial charge in [0, 0.05) is 31.4 Å². The minimum Gasteiger partial charge on any atom is -0.497 e. The van der Waals surface area contributed by atoms with Gasteiger partial charge in [0.05, 0.1) is 20.3 Å². The predicted octanol–water partition coefficient (Wildman–Crippen LogP) is 1.95. The van der Waals surface area contributed by atoms with Crippen LogP contribution in [0.15, 0.2) is 30.6 Å². The van der Waals surface area contributed by atoms with E-state index in [9.17, 15) is 0 Å². The van der Waals surface area contributed by atoms with Crippen LogP contribution in [0.2, 0.25) is 0 Å². The molecule has 0 radical (unpaired) electrons. The number of morpholine rings is 1. The first-order valence-electron chi connectivity index (χ1n) is 8.82. The number of ether oxygens (including phenoxy) is 2. The van der Waals surface area contributed by atoms with E-state index < -0.39 is 0 Å². The normalized spacial score (nSPS) is 14.8. The average molecular weight is 358 g/mol. The van der Waals surface area contributed by atoms with Crippen molar-refractivity contribution in [2.45, 2.75) is 6.42 Å². The molecule has 0 aliphatic carbocycles. The van der Waals surface area contributed by atoms with Crippen molar-refractivity contribution in [1.29, 1.82) is 0 Å². The van der Waals surface area contributed by atoms with Crippen LogP contribution in [-0.4, -0.2) is 61.4 Å². The summed E-state index contributed by atoms with van der Waals surface area (Å²) >= 11 is 0. The zero-order valence-electron chi connectivity index (χ0n) is 15.1. The molecule has 2 aromatic rings. The van der Waals surface area contributed by atoms with E-state index in [4.69, 9.17) is 15.2 Å². The Morgan fingerprint density at radius 3 is 2.85 bits per heavy atom. The van der Waals surface area contributed by atoms with E-state index in [0.29, 0.717) is 17.3 Å². The highest BCUT2D eigenvalue weighted by Crippen LogP contribution is 2.27. The van der Waals surface area contributed by atoms with Gasteiger partial charge in [-0.05, 0) is 25.1 Å². The summed E-state index contributed by atoms with van der Waals surface area (Å²) in [6, 6.07) is 7.61. The summed E-state index contributed by atoms with van der Waals surface area (Å²) < 4.78 is 10.6. The van der Waals surface area contributed by atoms with Crippen molar-refractivity contribution in [3.8, 4) is 5.75 Å². The lowest BCUT2D eigenvalue weighted by Gasteiger charge is -2.26. The molecule has 1 aliphatic heterocycles. The highest BCUT2D eigenvalue weighted by Gasteiger charge is 2.11. The highest BCUT2D eigenvalue weighted by atomic mass is 16.5. The molecular formula is C18H26N6O2. The Morgan fingerprint density at radius 2 is 2.04 bits per heavy atom. The first kappa shape index (κ1) is 18.2. The number of hydrogen-bond donors (Lipinski definition) is 3. The lowest BCUT2D eigenvalue weighted by Crippen LogP contribution is -2.37. The molecule has 1 saturated heterocycles. The number of nitrogens with two attached hydrogens (primary N) is 1. The quantitative estimate of drug-likeness (QED) is 0.616. The van der Waals surface area contributed by atoms with Crippen molar-refractivity contribution < 1.29 is 9.47 Å². The van der Waals surface area contributed by atoms with Gasteiger partial charge in [-0.2, -0.15) is 0 Å². The molecule has 26 heavy (non-hydrogen) atoms. The number of nitrogens with one attached hydrogen (secondary N) is 2. The van der Waals surface area contributed by atoms with E-state index >= 15 is 0 Å². The molecule has 0 atom stereocenters. The van der Waals surface area contributed by atoms with Gasteiger partial charge in [-0.15, -0.1) is 0 Å². The number of hydrogen-bond acceptors (Lipinski definition) is 8. The molecule has 8 nitrogen and oxygen atoms in total. The van der Waals surface area contributed by atoms with Crippen LogP contribution in [0.25, 0.3) is 0 Å². The molecule has 1 aliphatic rings. The fourth-order valence-electron chi connectivity index (χ4n) is 2.81. The van der Waals surface area contributed by atoms with Crippen LogP contribution in [0.4, 0.5) is 23.0 Å². The second-order valence-corrected chi connectivity index (χ2v) is 6.08. The summed E-state index contributed by atoms with van der Waals surface area (Å²) in [5.41, 5.74) is 7.57. The highest BCUT2D eigenvalue weighted by molar-refractivity contribution is 5.77. The zero-order chi connectivity index (χ0) is 18.2. The van der Waals surface area contributed by atoms with Crippen LogP contribution < -0.4 is 21.1 Å². The van der Waals surface area contributed by atoms with Crippen LogP contribution in [0.1, 0.15) is 6.42 Å². The fraction of sp³-hybridized carbons (Fsp3) is 0.444. The molecule has 1 aromatic heterocycles. The Balaban J connectivity index is 1.54. The molecule has 140 valence electrons. The molecule has 4 N–H and O–H groups in total. The molecular weight excluding hydrogens is 332 g/mol. The van der Waals surface area contributed by atoms with Crippen molar-refractivity contribution in [2.75, 3.05) is 62.9 Å². The van der Waals surface area contributed by atoms with Crippen LogP contribution in [-0.2, 0) is 4.74 Å². The second-order valence-electron chi connectivity index (χ2n) is 6.08. The number of rotatable bonds is 8. The van der Waals surface area contributed by atoms with Crippen LogP contribution in [0.5, 0.6) is 5.75 Å². The maximum Gasteiger partial charge on any atom is 0.159 e. The average Bonchev–Trinajstić information content (AvgIpc) is 2.69. The van der Waals surface area contributed by atoms with Gasteiger partial charge in [0.1, 0.15) is 17.8 Å². The van der Waals surface area contributed by atoms with Crippen molar-refractivity contribution in [3.63, 3.8) is 0 Å². The lowest BCUT2D eigenvalue weighted by molar-refractivity contribution is 0.0378. The van der Waals surface area contributed by atoms with Gasteiger partial charge < -0.3 is 25.8 Å². The van der Waals surface area contributed by atoms with E-state index in [2.05, 4.69) is 25.5 Å². The first-order valence-corrected chi connectivity index (χ1v) is 8.82. The number of aromatic nitrogens is 2. The molecule has 1 aromatic carbocycles. The van der Waals surface area contributed by atoms with E-state index in [1.807, 2.05) is 24.3 Å². The maximum absolute atomic E-state index is 6.22. The van der Waals surface area contributed by atoms with Crippen LogP contribution in [0.3, 0.4) is 0 Å². The molecule has 1 fully saturated rings. The van der Waals surface area contributed by atoms with Crippen LogP contribution in [0, 0.1) is 0 Å². The Morgan fingerprint density at radius 1 is 1.23 bits per heavy atom. The molecule has 0 spiro atoms. The summed E-state index contributed by atoms with van der Waals surface area (Å²) in [6.07, 6.45) is 2.52. The third-order valence-electron chi connectivity index (χ3n) is 4.26. The predicted molar refractivity (Wildman–Crippen MR) is 103 cm³/mol. The zero-order valence-corrected chi connectivity index (χ0v) is 15.1. The second kappa shape index (κ2) is 9.21. The molecule has 8 heteroatoms. The van der Waals surface area contributed by atoms with Crippen molar-refractivity contribution in [1.82, 2.24) is 14.9 Å². The summed E-state index contributed by atoms with van der Waals surface area (Å²) in [4.78, 5) is 10.9. The topological polar surface area (TPSA) is 97.6 Å². The number of benzene rings is 1. The summed E-state index contributed by atoms with van der Waals surface area (Å²) in [5.74, 6) is 1.99. The van der Waals surface area contributed by atoms with Gasteiger partial charge in [0.2, 0.25) is 0 Å². The SMILES string of the molecule is COc1cccc(Nc2ncnc(NCCCN3CCOCC3)c2N)c1. The summed E-state index contributed by atoms with van der Waals surface area (Å²) in [5, 5.41) is 6.51. The first-order chi connectivity index (χ1) is 12.8. The van der Waals surface area contributed by atoms with Gasteiger partial charge in [-0.3, -0.25) is 4.90 Å². The smallest absolute Gasteiger partial charge is 0.159 e. The number of nitrogens with zero attached hydrogens (tertiary/aromatic N) is 3. The van der Waals surface area contributed by atoms with E-state index in [-0.39, 0.29) is 0 Å². The van der Waals surface area contributed by atoms with Crippen molar-refractivity contribution in [2.24, 2.45) is 0 Å².